The van der Waals surface area contributed by atoms with E-state index in [1.807, 2.05) is 18.2 Å². The Morgan fingerprint density at radius 3 is 2.74 bits per heavy atom. The summed E-state index contributed by atoms with van der Waals surface area (Å²) in [5, 5.41) is 2.97. The van der Waals surface area contributed by atoms with E-state index < -0.39 is 28.2 Å². The van der Waals surface area contributed by atoms with Gasteiger partial charge in [0, 0.05) is 57.6 Å². The summed E-state index contributed by atoms with van der Waals surface area (Å²) in [7, 11) is -3.46. The molecule has 2 N–H and O–H groups in total. The van der Waals surface area contributed by atoms with Crippen LogP contribution in [0, 0.1) is 0 Å². The minimum absolute atomic E-state index is 0.126. The lowest BCUT2D eigenvalue weighted by atomic mass is 9.97. The van der Waals surface area contributed by atoms with E-state index in [4.69, 9.17) is 9.47 Å². The van der Waals surface area contributed by atoms with E-state index in [-0.39, 0.29) is 24.5 Å². The van der Waals surface area contributed by atoms with Gasteiger partial charge in [-0.05, 0) is 36.6 Å². The van der Waals surface area contributed by atoms with Gasteiger partial charge in [0.15, 0.2) is 0 Å². The van der Waals surface area contributed by atoms with Crippen molar-refractivity contribution in [3.8, 4) is 5.75 Å². The van der Waals surface area contributed by atoms with Gasteiger partial charge < -0.3 is 19.7 Å². The van der Waals surface area contributed by atoms with Crippen molar-refractivity contribution in [3.63, 3.8) is 0 Å². The molecule has 5 rings (SSSR count). The molecule has 4 atom stereocenters. The monoisotopic (exact) mass is 557 g/mol. The fourth-order valence-corrected chi connectivity index (χ4v) is 6.34. The van der Waals surface area contributed by atoms with Crippen molar-refractivity contribution in [2.45, 2.75) is 50.1 Å². The minimum atomic E-state index is -3.46. The van der Waals surface area contributed by atoms with Crippen LogP contribution in [0.15, 0.2) is 48.8 Å². The van der Waals surface area contributed by atoms with E-state index in [9.17, 15) is 18.0 Å². The van der Waals surface area contributed by atoms with Crippen LogP contribution in [0.1, 0.15) is 35.2 Å². The number of rotatable bonds is 4. The van der Waals surface area contributed by atoms with Crippen LogP contribution in [0.2, 0.25) is 0 Å². The van der Waals surface area contributed by atoms with Crippen LogP contribution in [0.4, 0.5) is 0 Å². The summed E-state index contributed by atoms with van der Waals surface area (Å²) in [4.78, 5) is 35.4. The molecule has 2 bridgehead atoms. The summed E-state index contributed by atoms with van der Waals surface area (Å²) < 4.78 is 38.9. The average Bonchev–Trinajstić information content (AvgIpc) is 2.92. The molecule has 210 valence electrons. The maximum absolute atomic E-state index is 13.8. The Balaban J connectivity index is 1.41. The fraction of sp³-hybridized carbons (Fsp3) is 0.519. The van der Waals surface area contributed by atoms with Gasteiger partial charge in [0.1, 0.15) is 11.8 Å². The van der Waals surface area contributed by atoms with Gasteiger partial charge in [0.2, 0.25) is 15.9 Å². The number of nitrogens with zero attached hydrogens (tertiary/aromatic N) is 3. The Morgan fingerprint density at radius 1 is 1.10 bits per heavy atom. The number of pyridine rings is 1. The second-order valence-electron chi connectivity index (χ2n) is 10.4. The Kier molecular flexibility index (Phi) is 8.46. The first kappa shape index (κ1) is 27.5. The Labute approximate surface area is 228 Å². The second-order valence-corrected chi connectivity index (χ2v) is 12.1. The molecular formula is C27H35N5O6S. The van der Waals surface area contributed by atoms with Gasteiger partial charge in [-0.1, -0.05) is 18.2 Å². The van der Waals surface area contributed by atoms with Crippen LogP contribution in [-0.4, -0.2) is 98.3 Å². The van der Waals surface area contributed by atoms with Crippen molar-refractivity contribution in [1.29, 1.82) is 0 Å². The van der Waals surface area contributed by atoms with E-state index in [2.05, 4.69) is 19.9 Å². The second kappa shape index (κ2) is 12.0. The number of aromatic nitrogens is 1. The van der Waals surface area contributed by atoms with E-state index in [1.165, 1.54) is 0 Å². The van der Waals surface area contributed by atoms with Crippen LogP contribution in [-0.2, 0) is 26.1 Å². The number of piperazine rings is 1. The summed E-state index contributed by atoms with van der Waals surface area (Å²) in [6, 6.07) is 9.76. The summed E-state index contributed by atoms with van der Waals surface area (Å²) in [6.45, 7) is 2.39. The van der Waals surface area contributed by atoms with Gasteiger partial charge >= 0.3 is 0 Å². The maximum atomic E-state index is 13.8. The summed E-state index contributed by atoms with van der Waals surface area (Å²) in [5.41, 5.74) is 1.45. The Bertz CT molecular complexity index is 1280. The molecule has 3 aliphatic heterocycles. The lowest BCUT2D eigenvalue weighted by Crippen LogP contribution is -2.61. The van der Waals surface area contributed by atoms with Crippen molar-refractivity contribution < 1.29 is 27.5 Å². The van der Waals surface area contributed by atoms with Crippen molar-refractivity contribution in [1.82, 2.24) is 24.8 Å². The topological polar surface area (TPSA) is 130 Å². The van der Waals surface area contributed by atoms with Gasteiger partial charge in [-0.2, -0.15) is 0 Å². The van der Waals surface area contributed by atoms with Crippen LogP contribution in [0.5, 0.6) is 5.75 Å². The van der Waals surface area contributed by atoms with E-state index in [0.29, 0.717) is 63.4 Å². The predicted molar refractivity (Wildman–Crippen MR) is 144 cm³/mol. The number of amides is 2. The van der Waals surface area contributed by atoms with Crippen LogP contribution in [0.3, 0.4) is 0 Å². The third-order valence-electron chi connectivity index (χ3n) is 7.43. The Hall–Kier alpha value is -3.06. The quantitative estimate of drug-likeness (QED) is 0.564. The molecule has 11 nitrogen and oxygen atoms in total. The molecule has 0 spiro atoms. The normalized spacial score (nSPS) is 26.9. The highest BCUT2D eigenvalue weighted by atomic mass is 32.2. The first-order valence-corrected chi connectivity index (χ1v) is 15.2. The molecule has 0 radical (unpaired) electrons. The zero-order chi connectivity index (χ0) is 27.4. The zero-order valence-electron chi connectivity index (χ0n) is 22.0. The number of fused-ring (bicyclic) bond motifs is 4. The number of ether oxygens (including phenoxy) is 2. The molecule has 1 aromatic heterocycles. The number of carbonyl (C=O) groups excluding carboxylic acids is 2. The third-order valence-corrected chi connectivity index (χ3v) is 8.16. The van der Waals surface area contributed by atoms with Crippen molar-refractivity contribution in [3.05, 3.63) is 59.9 Å². The summed E-state index contributed by atoms with van der Waals surface area (Å²) in [6.07, 6.45) is 5.75. The highest BCUT2D eigenvalue weighted by molar-refractivity contribution is 7.88. The van der Waals surface area contributed by atoms with Gasteiger partial charge in [-0.15, -0.1) is 0 Å². The van der Waals surface area contributed by atoms with Gasteiger partial charge in [0.05, 0.1) is 30.6 Å². The number of carbonyl (C=O) groups is 2. The molecule has 0 unspecified atom stereocenters. The first-order chi connectivity index (χ1) is 18.8. The van der Waals surface area contributed by atoms with Crippen LogP contribution >= 0.6 is 0 Å². The smallest absolute Gasteiger partial charge is 0.258 e. The van der Waals surface area contributed by atoms with E-state index in [0.717, 1.165) is 11.8 Å². The zero-order valence-corrected chi connectivity index (χ0v) is 22.8. The molecule has 0 saturated carbocycles. The van der Waals surface area contributed by atoms with Crippen LogP contribution in [0.25, 0.3) is 0 Å². The SMILES string of the molecule is CS(=O)(=O)N[C@@H]1CC[C@H]2CCOc3ccccc3C(=O)N3CCN(Cc4cccnc4)C[C@H]3C(=O)NC[C@H]1O2. The summed E-state index contributed by atoms with van der Waals surface area (Å²) >= 11 is 0. The third kappa shape index (κ3) is 6.93. The fourth-order valence-electron chi connectivity index (χ4n) is 5.52. The molecule has 2 aromatic rings. The molecule has 3 aliphatic rings. The number of sulfonamides is 1. The Morgan fingerprint density at radius 2 is 1.95 bits per heavy atom. The van der Waals surface area contributed by atoms with Crippen LogP contribution < -0.4 is 14.8 Å². The highest BCUT2D eigenvalue weighted by Gasteiger charge is 2.39. The van der Waals surface area contributed by atoms with E-state index in [1.54, 1.807) is 35.5 Å². The van der Waals surface area contributed by atoms with Crippen molar-refractivity contribution in [2.75, 3.05) is 39.0 Å². The lowest BCUT2D eigenvalue weighted by Gasteiger charge is -2.41. The predicted octanol–water partition coefficient (Wildman–Crippen LogP) is 0.772. The molecule has 4 heterocycles. The molecule has 39 heavy (non-hydrogen) atoms. The molecule has 1 aromatic carbocycles. The number of nitrogens with one attached hydrogen (secondary N) is 2. The van der Waals surface area contributed by atoms with E-state index >= 15 is 0 Å². The van der Waals surface area contributed by atoms with Gasteiger partial charge in [-0.25, -0.2) is 13.1 Å². The maximum Gasteiger partial charge on any atom is 0.258 e. The van der Waals surface area contributed by atoms with Crippen molar-refractivity contribution >= 4 is 21.8 Å². The molecule has 2 saturated heterocycles. The molecule has 0 aliphatic carbocycles. The largest absolute Gasteiger partial charge is 0.493 e. The number of benzene rings is 1. The molecule has 2 amide bonds. The average molecular weight is 558 g/mol. The van der Waals surface area contributed by atoms with Crippen molar-refractivity contribution in [2.24, 2.45) is 0 Å². The molecular weight excluding hydrogens is 522 g/mol. The number of para-hydroxylation sites is 1. The number of hydrogen-bond donors (Lipinski definition) is 2. The first-order valence-electron chi connectivity index (χ1n) is 13.3. The van der Waals surface area contributed by atoms with Gasteiger partial charge in [-0.3, -0.25) is 19.5 Å². The lowest BCUT2D eigenvalue weighted by molar-refractivity contribution is -0.130. The highest BCUT2D eigenvalue weighted by Crippen LogP contribution is 2.26. The standard InChI is InChI=1S/C27H35N5O6S/c1-39(35,36)30-22-9-8-20-10-14-37-24-7-3-2-6-21(24)27(34)32-13-12-31(17-19-5-4-11-28-15-19)18-23(32)26(33)29-16-25(22)38-20/h2-7,11,15,20,22-23,25,30H,8-10,12-14,16-18H2,1H3,(H,29,33)/t20-,22+,23-,25+/m0/s1. The molecule has 2 fully saturated rings. The minimum Gasteiger partial charge on any atom is -0.493 e. The molecule has 12 heteroatoms. The number of hydrogen-bond acceptors (Lipinski definition) is 8. The summed E-state index contributed by atoms with van der Waals surface area (Å²) in [5.74, 6) is -0.0871. The van der Waals surface area contributed by atoms with Gasteiger partial charge in [0.25, 0.3) is 5.91 Å².